The first-order valence-electron chi connectivity index (χ1n) is 6.83. The van der Waals surface area contributed by atoms with E-state index in [1.54, 1.807) is 0 Å². The Kier molecular flexibility index (Phi) is 5.86. The Morgan fingerprint density at radius 1 is 1.26 bits per heavy atom. The molecule has 19 heavy (non-hydrogen) atoms. The second-order valence-electron chi connectivity index (χ2n) is 5.36. The fourth-order valence-electron chi connectivity index (χ4n) is 3.01. The Hall–Kier alpha value is -1.52. The molecule has 1 aliphatic rings. The van der Waals surface area contributed by atoms with Gasteiger partial charge in [0.2, 0.25) is 0 Å². The van der Waals surface area contributed by atoms with Crippen molar-refractivity contribution < 1.29 is 9.53 Å². The van der Waals surface area contributed by atoms with E-state index in [-0.39, 0.29) is 17.9 Å². The number of rotatable bonds is 3. The monoisotopic (exact) mass is 267 g/mol. The van der Waals surface area contributed by atoms with Gasteiger partial charge < -0.3 is 16.3 Å². The highest BCUT2D eigenvalue weighted by Crippen LogP contribution is 2.35. The summed E-state index contributed by atoms with van der Waals surface area (Å²) < 4.78 is 5.31. The van der Waals surface area contributed by atoms with Gasteiger partial charge in [0.25, 0.3) is 0 Å². The summed E-state index contributed by atoms with van der Waals surface area (Å²) >= 11 is 0. The number of ether oxygens (including phenoxy) is 1. The number of carbonyl (C=O) groups is 1. The van der Waals surface area contributed by atoms with E-state index < -0.39 is 6.09 Å². The molecular formula is C14H25N3O2. The van der Waals surface area contributed by atoms with Crippen molar-refractivity contribution in [2.45, 2.75) is 52.1 Å². The molecule has 0 aliphatic heterocycles. The largest absolute Gasteiger partial charge is 0.446 e. The van der Waals surface area contributed by atoms with Gasteiger partial charge in [0.15, 0.2) is 0 Å². The highest BCUT2D eigenvalue weighted by atomic mass is 16.6. The summed E-state index contributed by atoms with van der Waals surface area (Å²) in [5.41, 5.74) is 7.05. The first-order chi connectivity index (χ1) is 8.97. The van der Waals surface area contributed by atoms with Gasteiger partial charge in [-0.1, -0.05) is 25.0 Å². The molecule has 108 valence electrons. The summed E-state index contributed by atoms with van der Waals surface area (Å²) in [5, 5.41) is 3.83. The molecule has 5 nitrogen and oxygen atoms in total. The molecule has 3 unspecified atom stereocenters. The number of primary amides is 1. The van der Waals surface area contributed by atoms with Gasteiger partial charge in [0.05, 0.1) is 0 Å². The fraction of sp³-hybridized carbons (Fsp3) is 0.714. The lowest BCUT2D eigenvalue weighted by Crippen LogP contribution is -2.38. The Morgan fingerprint density at radius 3 is 2.42 bits per heavy atom. The van der Waals surface area contributed by atoms with Crippen LogP contribution in [0.15, 0.2) is 17.3 Å². The summed E-state index contributed by atoms with van der Waals surface area (Å²) in [6.45, 7) is 7.93. The maximum absolute atomic E-state index is 11.1. The van der Waals surface area contributed by atoms with Gasteiger partial charge in [-0.2, -0.15) is 5.10 Å². The molecule has 4 N–H and O–H groups in total. The van der Waals surface area contributed by atoms with Crippen LogP contribution in [-0.2, 0) is 4.74 Å². The third-order valence-electron chi connectivity index (χ3n) is 3.91. The van der Waals surface area contributed by atoms with E-state index in [4.69, 9.17) is 16.3 Å². The van der Waals surface area contributed by atoms with Crippen LogP contribution in [0.3, 0.4) is 0 Å². The van der Waals surface area contributed by atoms with E-state index in [0.717, 1.165) is 43.4 Å². The third kappa shape index (κ3) is 4.26. The van der Waals surface area contributed by atoms with Gasteiger partial charge in [-0.05, 0) is 33.1 Å². The summed E-state index contributed by atoms with van der Waals surface area (Å²) in [6, 6.07) is 0. The van der Waals surface area contributed by atoms with E-state index in [9.17, 15) is 4.79 Å². The molecule has 0 aromatic carbocycles. The molecule has 1 saturated carbocycles. The molecule has 0 bridgehead atoms. The number of hydrazone groups is 1. The Balaban J connectivity index is 3.03. The van der Waals surface area contributed by atoms with Gasteiger partial charge in [0, 0.05) is 17.5 Å². The van der Waals surface area contributed by atoms with Crippen LogP contribution in [0.4, 0.5) is 4.79 Å². The van der Waals surface area contributed by atoms with E-state index in [1.165, 1.54) is 0 Å². The van der Waals surface area contributed by atoms with E-state index in [2.05, 4.69) is 11.7 Å². The standard InChI is InChI=1S/C14H25N3O2/c1-9(2)13-11(10(3)17-16)7-5-4-6-8-12(13)19-14(15)18/h11-13H,1,4-8,16H2,2-3H3,(H2,15,18)/b17-10-. The first kappa shape index (κ1) is 15.5. The normalized spacial score (nSPS) is 29.2. The highest BCUT2D eigenvalue weighted by molar-refractivity contribution is 5.84. The molecule has 1 amide bonds. The maximum atomic E-state index is 11.1. The first-order valence-corrected chi connectivity index (χ1v) is 6.83. The minimum atomic E-state index is -0.724. The van der Waals surface area contributed by atoms with Crippen molar-refractivity contribution in [3.05, 3.63) is 12.2 Å². The summed E-state index contributed by atoms with van der Waals surface area (Å²) in [7, 11) is 0. The lowest BCUT2D eigenvalue weighted by Gasteiger charge is -2.35. The van der Waals surface area contributed by atoms with E-state index in [0.29, 0.717) is 0 Å². The topological polar surface area (TPSA) is 90.7 Å². The fourth-order valence-corrected chi connectivity index (χ4v) is 3.01. The molecule has 0 radical (unpaired) electrons. The molecule has 1 aliphatic carbocycles. The Bertz CT molecular complexity index is 366. The quantitative estimate of drug-likeness (QED) is 0.356. The molecule has 0 heterocycles. The van der Waals surface area contributed by atoms with Crippen molar-refractivity contribution in [3.8, 4) is 0 Å². The molecule has 0 aromatic heterocycles. The molecule has 1 rings (SSSR count). The molecule has 0 aromatic rings. The van der Waals surface area contributed by atoms with Crippen molar-refractivity contribution in [1.82, 2.24) is 0 Å². The van der Waals surface area contributed by atoms with Crippen LogP contribution in [0.1, 0.15) is 46.0 Å². The summed E-state index contributed by atoms with van der Waals surface area (Å²) in [6.07, 6.45) is 4.14. The van der Waals surface area contributed by atoms with Crippen LogP contribution < -0.4 is 11.6 Å². The average Bonchev–Trinajstić information content (AvgIpc) is 2.30. The minimum Gasteiger partial charge on any atom is -0.446 e. The molecular weight excluding hydrogens is 242 g/mol. The lowest BCUT2D eigenvalue weighted by atomic mass is 9.74. The van der Waals surface area contributed by atoms with E-state index in [1.807, 2.05) is 13.8 Å². The predicted octanol–water partition coefficient (Wildman–Crippen LogP) is 2.56. The van der Waals surface area contributed by atoms with Gasteiger partial charge >= 0.3 is 6.09 Å². The number of amides is 1. The van der Waals surface area contributed by atoms with Crippen LogP contribution in [0.2, 0.25) is 0 Å². The highest BCUT2D eigenvalue weighted by Gasteiger charge is 2.34. The molecule has 0 saturated heterocycles. The smallest absolute Gasteiger partial charge is 0.404 e. The van der Waals surface area contributed by atoms with Crippen molar-refractivity contribution >= 4 is 11.8 Å². The lowest BCUT2D eigenvalue weighted by molar-refractivity contribution is 0.0554. The van der Waals surface area contributed by atoms with Gasteiger partial charge in [-0.3, -0.25) is 0 Å². The Labute approximate surface area is 115 Å². The molecule has 5 heteroatoms. The van der Waals surface area contributed by atoms with Crippen LogP contribution in [0, 0.1) is 11.8 Å². The van der Waals surface area contributed by atoms with Crippen LogP contribution in [0.25, 0.3) is 0 Å². The third-order valence-corrected chi connectivity index (χ3v) is 3.91. The number of hydrogen-bond acceptors (Lipinski definition) is 4. The van der Waals surface area contributed by atoms with Crippen molar-refractivity contribution in [3.63, 3.8) is 0 Å². The molecule has 3 atom stereocenters. The van der Waals surface area contributed by atoms with E-state index >= 15 is 0 Å². The summed E-state index contributed by atoms with van der Waals surface area (Å²) in [5.74, 6) is 5.64. The molecule has 1 fully saturated rings. The van der Waals surface area contributed by atoms with Crippen molar-refractivity contribution in [1.29, 1.82) is 0 Å². The van der Waals surface area contributed by atoms with Crippen molar-refractivity contribution in [2.24, 2.45) is 28.5 Å². The second kappa shape index (κ2) is 7.16. The minimum absolute atomic E-state index is 0.0418. The maximum Gasteiger partial charge on any atom is 0.404 e. The number of hydrogen-bond donors (Lipinski definition) is 2. The van der Waals surface area contributed by atoms with Crippen LogP contribution in [0.5, 0.6) is 0 Å². The number of carbonyl (C=O) groups excluding carboxylic acids is 1. The Morgan fingerprint density at radius 2 is 1.89 bits per heavy atom. The summed E-state index contributed by atoms with van der Waals surface area (Å²) in [4.78, 5) is 11.1. The SMILES string of the molecule is C=C(C)C1C(OC(N)=O)CCCCCC1/C(C)=N\N. The van der Waals surface area contributed by atoms with Gasteiger partial charge in [-0.15, -0.1) is 0 Å². The number of nitrogens with two attached hydrogens (primary N) is 2. The molecule has 0 spiro atoms. The van der Waals surface area contributed by atoms with Gasteiger partial charge in [0.1, 0.15) is 6.10 Å². The predicted molar refractivity (Wildman–Crippen MR) is 76.6 cm³/mol. The second-order valence-corrected chi connectivity index (χ2v) is 5.36. The average molecular weight is 267 g/mol. The zero-order valence-corrected chi connectivity index (χ0v) is 11.9. The zero-order chi connectivity index (χ0) is 14.4. The zero-order valence-electron chi connectivity index (χ0n) is 11.9. The van der Waals surface area contributed by atoms with Gasteiger partial charge in [-0.25, -0.2) is 4.79 Å². The number of nitrogens with zero attached hydrogens (tertiary/aromatic N) is 1. The van der Waals surface area contributed by atoms with Crippen molar-refractivity contribution in [2.75, 3.05) is 0 Å². The van der Waals surface area contributed by atoms with Crippen LogP contribution >= 0.6 is 0 Å². The van der Waals surface area contributed by atoms with Crippen LogP contribution in [-0.4, -0.2) is 17.9 Å².